The maximum atomic E-state index is 13.2. The Morgan fingerprint density at radius 3 is 1.32 bits per heavy atom. The van der Waals surface area contributed by atoms with Crippen molar-refractivity contribution in [1.82, 2.24) is 5.32 Å². The van der Waals surface area contributed by atoms with Crippen LogP contribution in [0.2, 0.25) is 0 Å². The number of hydrogen-bond acceptors (Lipinski definition) is 3. The molecule has 0 aromatic heterocycles. The average molecular weight is 516 g/mol. The average Bonchev–Trinajstić information content (AvgIpc) is 3.00. The maximum Gasteiger partial charge on any atom is 0.199 e. The number of nitrogens with one attached hydrogen (secondary N) is 1. The molecule has 0 aliphatic rings. The van der Waals surface area contributed by atoms with E-state index in [1.54, 1.807) is 30.3 Å². The third-order valence-corrected chi connectivity index (χ3v) is 8.12. The molecule has 0 amide bonds. The number of benzene rings is 5. The molecule has 0 unspecified atom stereocenters. The molecule has 0 aliphatic heterocycles. The second kappa shape index (κ2) is 11.4. The van der Waals surface area contributed by atoms with Gasteiger partial charge in [-0.1, -0.05) is 146 Å². The van der Waals surface area contributed by atoms with Gasteiger partial charge in [0.15, 0.2) is 9.84 Å². The lowest BCUT2D eigenvalue weighted by Gasteiger charge is -2.39. The van der Waals surface area contributed by atoms with E-state index in [0.717, 1.165) is 22.3 Å². The number of hydrogen-bond donors (Lipinski definition) is 1. The van der Waals surface area contributed by atoms with Crippen LogP contribution in [0.25, 0.3) is 0 Å². The summed E-state index contributed by atoms with van der Waals surface area (Å²) >= 11 is 0. The molecule has 4 heteroatoms. The van der Waals surface area contributed by atoms with Crippen LogP contribution in [0.15, 0.2) is 168 Å². The summed E-state index contributed by atoms with van der Waals surface area (Å²) in [6.07, 6.45) is 1.75. The van der Waals surface area contributed by atoms with Gasteiger partial charge in [-0.2, -0.15) is 0 Å². The van der Waals surface area contributed by atoms with Crippen molar-refractivity contribution in [3.05, 3.63) is 185 Å². The second-order valence-electron chi connectivity index (χ2n) is 9.07. The van der Waals surface area contributed by atoms with Crippen LogP contribution in [-0.4, -0.2) is 8.42 Å². The lowest BCUT2D eigenvalue weighted by atomic mass is 9.76. The zero-order valence-corrected chi connectivity index (χ0v) is 21.7. The molecule has 1 atom stereocenters. The van der Waals surface area contributed by atoms with Gasteiger partial charge in [0.1, 0.15) is 0 Å². The highest BCUT2D eigenvalue weighted by Crippen LogP contribution is 2.39. The van der Waals surface area contributed by atoms with Crippen molar-refractivity contribution in [3.8, 4) is 0 Å². The molecule has 0 radical (unpaired) electrons. The summed E-state index contributed by atoms with van der Waals surface area (Å²) in [6.45, 7) is 0. The van der Waals surface area contributed by atoms with E-state index in [0.29, 0.717) is 0 Å². The molecule has 0 saturated heterocycles. The molecular weight excluding hydrogens is 486 g/mol. The van der Waals surface area contributed by atoms with Crippen LogP contribution in [0.1, 0.15) is 28.3 Å². The summed E-state index contributed by atoms with van der Waals surface area (Å²) in [5.74, 6) is 0. The highest BCUT2D eigenvalue weighted by Gasteiger charge is 2.38. The van der Waals surface area contributed by atoms with Crippen molar-refractivity contribution in [3.63, 3.8) is 0 Å². The standard InChI is InChI=1S/C34H29NO2S/c36-38(37,32-24-14-5-15-25-32)27-26-33(28-16-6-1-7-17-28)35-34(29-18-8-2-9-19-29,30-20-10-3-11-21-30)31-22-12-4-13-23-31/h1-27,33,35H/b27-26+/t33-/m0/s1. The summed E-state index contributed by atoms with van der Waals surface area (Å²) in [5.41, 5.74) is 3.36. The monoisotopic (exact) mass is 515 g/mol. The predicted octanol–water partition coefficient (Wildman–Crippen LogP) is 7.30. The van der Waals surface area contributed by atoms with Crippen molar-refractivity contribution in [2.75, 3.05) is 0 Å². The summed E-state index contributed by atoms with van der Waals surface area (Å²) in [4.78, 5) is 0.267. The first-order chi connectivity index (χ1) is 18.6. The molecule has 5 rings (SSSR count). The molecule has 5 aromatic rings. The van der Waals surface area contributed by atoms with Gasteiger partial charge in [-0.25, -0.2) is 8.42 Å². The first kappa shape index (κ1) is 25.4. The van der Waals surface area contributed by atoms with Crippen LogP contribution in [0.3, 0.4) is 0 Å². The van der Waals surface area contributed by atoms with Gasteiger partial charge < -0.3 is 0 Å². The molecule has 0 heterocycles. The summed E-state index contributed by atoms with van der Waals surface area (Å²) in [5, 5.41) is 5.22. The molecule has 5 aromatic carbocycles. The summed E-state index contributed by atoms with van der Waals surface area (Å²) < 4.78 is 26.5. The zero-order chi connectivity index (χ0) is 26.3. The van der Waals surface area contributed by atoms with Gasteiger partial charge in [-0.3, -0.25) is 5.32 Å². The van der Waals surface area contributed by atoms with Crippen molar-refractivity contribution >= 4 is 9.84 Å². The topological polar surface area (TPSA) is 46.2 Å². The molecule has 0 bridgehead atoms. The van der Waals surface area contributed by atoms with Crippen molar-refractivity contribution < 1.29 is 8.42 Å². The summed E-state index contributed by atoms with van der Waals surface area (Å²) in [6, 6.07) is 48.9. The van der Waals surface area contributed by atoms with E-state index in [2.05, 4.69) is 41.7 Å². The summed E-state index contributed by atoms with van der Waals surface area (Å²) in [7, 11) is -3.63. The van der Waals surface area contributed by atoms with Gasteiger partial charge in [-0.15, -0.1) is 0 Å². The molecule has 0 saturated carbocycles. The first-order valence-electron chi connectivity index (χ1n) is 12.6. The lowest BCUT2D eigenvalue weighted by molar-refractivity contribution is 0.437. The van der Waals surface area contributed by atoms with Gasteiger partial charge in [0.25, 0.3) is 0 Å². The Balaban J connectivity index is 1.70. The van der Waals surface area contributed by atoms with Crippen LogP contribution < -0.4 is 5.32 Å². The largest absolute Gasteiger partial charge is 0.290 e. The fourth-order valence-corrected chi connectivity index (χ4v) is 5.88. The Labute approximate surface area is 225 Å². The predicted molar refractivity (Wildman–Crippen MR) is 154 cm³/mol. The van der Waals surface area contributed by atoms with Gasteiger partial charge in [0.05, 0.1) is 16.5 Å². The van der Waals surface area contributed by atoms with Crippen LogP contribution in [0.4, 0.5) is 0 Å². The van der Waals surface area contributed by atoms with Crippen LogP contribution in [-0.2, 0) is 15.4 Å². The van der Waals surface area contributed by atoms with Crippen molar-refractivity contribution in [2.24, 2.45) is 0 Å². The Morgan fingerprint density at radius 2 is 0.895 bits per heavy atom. The van der Waals surface area contributed by atoms with Crippen LogP contribution >= 0.6 is 0 Å². The Kier molecular flexibility index (Phi) is 7.64. The first-order valence-corrected chi connectivity index (χ1v) is 14.1. The smallest absolute Gasteiger partial charge is 0.199 e. The lowest BCUT2D eigenvalue weighted by Crippen LogP contribution is -2.46. The van der Waals surface area contributed by atoms with E-state index >= 15 is 0 Å². The molecule has 0 fully saturated rings. The van der Waals surface area contributed by atoms with Crippen molar-refractivity contribution in [1.29, 1.82) is 0 Å². The highest BCUT2D eigenvalue weighted by molar-refractivity contribution is 7.94. The van der Waals surface area contributed by atoms with E-state index in [1.807, 2.05) is 91.0 Å². The van der Waals surface area contributed by atoms with Gasteiger partial charge in [-0.05, 0) is 34.4 Å². The van der Waals surface area contributed by atoms with E-state index in [9.17, 15) is 8.42 Å². The minimum atomic E-state index is -3.63. The third kappa shape index (κ3) is 5.37. The zero-order valence-electron chi connectivity index (χ0n) is 20.9. The van der Waals surface area contributed by atoms with E-state index in [1.165, 1.54) is 5.41 Å². The van der Waals surface area contributed by atoms with Crippen LogP contribution in [0, 0.1) is 0 Å². The minimum Gasteiger partial charge on any atom is -0.290 e. The normalized spacial score (nSPS) is 12.8. The molecule has 0 aliphatic carbocycles. The van der Waals surface area contributed by atoms with Crippen molar-refractivity contribution in [2.45, 2.75) is 16.5 Å². The quantitative estimate of drug-likeness (QED) is 0.210. The maximum absolute atomic E-state index is 13.2. The van der Waals surface area contributed by atoms with E-state index in [-0.39, 0.29) is 4.90 Å². The molecule has 188 valence electrons. The van der Waals surface area contributed by atoms with E-state index in [4.69, 9.17) is 0 Å². The Bertz CT molecular complexity index is 1470. The van der Waals surface area contributed by atoms with Gasteiger partial charge in [0, 0.05) is 5.41 Å². The number of sulfone groups is 1. The third-order valence-electron chi connectivity index (χ3n) is 6.67. The van der Waals surface area contributed by atoms with Crippen LogP contribution in [0.5, 0.6) is 0 Å². The fourth-order valence-electron chi connectivity index (χ4n) is 4.82. The molecule has 1 N–H and O–H groups in total. The highest BCUT2D eigenvalue weighted by atomic mass is 32.2. The van der Waals surface area contributed by atoms with E-state index < -0.39 is 21.4 Å². The molecular formula is C34H29NO2S. The second-order valence-corrected chi connectivity index (χ2v) is 10.9. The SMILES string of the molecule is O=S(=O)(/C=C/[C@H](NC(c1ccccc1)(c1ccccc1)c1ccccc1)c1ccccc1)c1ccccc1. The molecule has 3 nitrogen and oxygen atoms in total. The Hall–Kier alpha value is -4.25. The minimum absolute atomic E-state index is 0.267. The Morgan fingerprint density at radius 1 is 0.526 bits per heavy atom. The van der Waals surface area contributed by atoms with Gasteiger partial charge in [0.2, 0.25) is 0 Å². The number of rotatable bonds is 9. The molecule has 0 spiro atoms. The van der Waals surface area contributed by atoms with Gasteiger partial charge >= 0.3 is 0 Å². The fraction of sp³-hybridized carbons (Fsp3) is 0.0588. The molecule has 38 heavy (non-hydrogen) atoms.